The van der Waals surface area contributed by atoms with E-state index in [4.69, 9.17) is 5.11 Å². The normalized spacial score (nSPS) is 13.8. The summed E-state index contributed by atoms with van der Waals surface area (Å²) in [6, 6.07) is 0. The van der Waals surface area contributed by atoms with Crippen LogP contribution in [0.2, 0.25) is 0 Å². The Labute approximate surface area is 90.6 Å². The van der Waals surface area contributed by atoms with Gasteiger partial charge in [-0.2, -0.15) is 0 Å². The number of aliphatic hydroxyl groups excluding tert-OH is 2. The van der Waals surface area contributed by atoms with Crippen LogP contribution in [0.3, 0.4) is 0 Å². The molecule has 16 heavy (non-hydrogen) atoms. The van der Waals surface area contributed by atoms with E-state index < -0.39 is 35.8 Å². The van der Waals surface area contributed by atoms with Crippen molar-refractivity contribution in [3.05, 3.63) is 0 Å². The summed E-state index contributed by atoms with van der Waals surface area (Å²) in [6.45, 7) is 1.84. The fourth-order valence-corrected chi connectivity index (χ4v) is 0.955. The summed E-state index contributed by atoms with van der Waals surface area (Å²) in [5.41, 5.74) is 4.64. The van der Waals surface area contributed by atoms with Crippen molar-refractivity contribution < 1.29 is 29.4 Å². The maximum atomic E-state index is 11.3. The lowest BCUT2D eigenvalue weighted by molar-refractivity contribution is -0.162. The number of amides is 4. The van der Waals surface area contributed by atoms with E-state index in [-0.39, 0.29) is 4.90 Å². The number of imide groups is 3. The van der Waals surface area contributed by atoms with Gasteiger partial charge in [-0.3, -0.25) is 19.2 Å². The van der Waals surface area contributed by atoms with E-state index in [9.17, 15) is 24.3 Å². The summed E-state index contributed by atoms with van der Waals surface area (Å²) in [4.78, 5) is 43.7. The highest BCUT2D eigenvalue weighted by Gasteiger charge is 2.35. The molecule has 8 heteroatoms. The van der Waals surface area contributed by atoms with Crippen LogP contribution in [0.25, 0.3) is 0 Å². The largest absolute Gasteiger partial charge is 0.380 e. The third-order valence-corrected chi connectivity index (χ3v) is 1.69. The summed E-state index contributed by atoms with van der Waals surface area (Å²) in [5, 5.41) is 18.2. The Balaban J connectivity index is 4.96. The van der Waals surface area contributed by atoms with Crippen LogP contribution >= 0.6 is 0 Å². The fraction of sp³-hybridized carbons (Fsp3) is 0.500. The SMILES string of the molecule is CC(=O)N(C(C)=O)C(=O)C(O)C(O)C(N)=O. The van der Waals surface area contributed by atoms with Crippen LogP contribution in [0.4, 0.5) is 0 Å². The summed E-state index contributed by atoms with van der Waals surface area (Å²) < 4.78 is 0. The maximum Gasteiger partial charge on any atom is 0.268 e. The number of rotatable bonds is 3. The lowest BCUT2D eigenvalue weighted by Gasteiger charge is -2.20. The predicted octanol–water partition coefficient (Wildman–Crippen LogP) is -2.88. The van der Waals surface area contributed by atoms with E-state index in [1.165, 1.54) is 0 Å². The zero-order valence-corrected chi connectivity index (χ0v) is 8.71. The van der Waals surface area contributed by atoms with Crippen molar-refractivity contribution in [1.29, 1.82) is 0 Å². The molecule has 4 N–H and O–H groups in total. The number of hydrogen-bond donors (Lipinski definition) is 3. The Bertz CT molecular complexity index is 325. The molecule has 0 heterocycles. The van der Waals surface area contributed by atoms with Gasteiger partial charge < -0.3 is 15.9 Å². The van der Waals surface area contributed by atoms with Gasteiger partial charge in [0.05, 0.1) is 0 Å². The van der Waals surface area contributed by atoms with Crippen LogP contribution in [-0.2, 0) is 19.2 Å². The molecule has 0 aromatic heterocycles. The lowest BCUT2D eigenvalue weighted by Crippen LogP contribution is -2.52. The van der Waals surface area contributed by atoms with Gasteiger partial charge in [0.15, 0.2) is 12.2 Å². The molecular weight excluding hydrogens is 220 g/mol. The summed E-state index contributed by atoms with van der Waals surface area (Å²) in [5.74, 6) is -4.61. The minimum atomic E-state index is -2.25. The molecule has 90 valence electrons. The van der Waals surface area contributed by atoms with E-state index >= 15 is 0 Å². The molecule has 0 spiro atoms. The first-order chi connectivity index (χ1) is 7.20. The molecule has 2 atom stereocenters. The average Bonchev–Trinajstić information content (AvgIpc) is 2.13. The average molecular weight is 232 g/mol. The van der Waals surface area contributed by atoms with Crippen molar-refractivity contribution >= 4 is 23.6 Å². The summed E-state index contributed by atoms with van der Waals surface area (Å²) in [7, 11) is 0. The molecular formula is C8H12N2O6. The highest BCUT2D eigenvalue weighted by Crippen LogP contribution is 2.02. The Morgan fingerprint density at radius 2 is 1.38 bits per heavy atom. The number of aliphatic hydroxyl groups is 2. The van der Waals surface area contributed by atoms with Crippen molar-refractivity contribution in [1.82, 2.24) is 4.90 Å². The second-order valence-electron chi connectivity index (χ2n) is 3.00. The van der Waals surface area contributed by atoms with Crippen LogP contribution in [0.15, 0.2) is 0 Å². The number of nitrogens with two attached hydrogens (primary N) is 1. The van der Waals surface area contributed by atoms with Gasteiger partial charge in [0.1, 0.15) is 0 Å². The molecule has 0 aromatic carbocycles. The number of primary amides is 1. The highest BCUT2D eigenvalue weighted by atomic mass is 16.3. The molecule has 0 aromatic rings. The minimum Gasteiger partial charge on any atom is -0.380 e. The molecule has 0 aliphatic rings. The van der Waals surface area contributed by atoms with Crippen LogP contribution < -0.4 is 5.73 Å². The van der Waals surface area contributed by atoms with Crippen molar-refractivity contribution in [3.63, 3.8) is 0 Å². The quantitative estimate of drug-likeness (QED) is 0.477. The Morgan fingerprint density at radius 3 is 1.62 bits per heavy atom. The third-order valence-electron chi connectivity index (χ3n) is 1.69. The standard InChI is InChI=1S/C8H12N2O6/c1-3(11)10(4(2)12)8(16)6(14)5(13)7(9)15/h5-6,13-14H,1-2H3,(H2,9,15). The Hall–Kier alpha value is -1.80. The van der Waals surface area contributed by atoms with E-state index in [2.05, 4.69) is 5.73 Å². The smallest absolute Gasteiger partial charge is 0.268 e. The first-order valence-corrected chi connectivity index (χ1v) is 4.20. The second-order valence-corrected chi connectivity index (χ2v) is 3.00. The molecule has 0 radical (unpaired) electrons. The molecule has 0 aliphatic heterocycles. The van der Waals surface area contributed by atoms with Gasteiger partial charge in [0.25, 0.3) is 5.91 Å². The number of carbonyl (C=O) groups excluding carboxylic acids is 4. The first kappa shape index (κ1) is 14.2. The summed E-state index contributed by atoms with van der Waals surface area (Å²) in [6.07, 6.45) is -4.42. The third kappa shape index (κ3) is 3.11. The lowest BCUT2D eigenvalue weighted by atomic mass is 10.1. The molecule has 0 saturated heterocycles. The molecule has 0 bridgehead atoms. The van der Waals surface area contributed by atoms with Crippen LogP contribution in [0.5, 0.6) is 0 Å². The number of hydrogen-bond acceptors (Lipinski definition) is 6. The van der Waals surface area contributed by atoms with Crippen molar-refractivity contribution in [2.75, 3.05) is 0 Å². The predicted molar refractivity (Wildman–Crippen MR) is 49.4 cm³/mol. The second kappa shape index (κ2) is 5.33. The van der Waals surface area contributed by atoms with E-state index in [0.29, 0.717) is 0 Å². The monoisotopic (exact) mass is 232 g/mol. The van der Waals surface area contributed by atoms with Crippen LogP contribution in [0, 0.1) is 0 Å². The molecule has 4 amide bonds. The van der Waals surface area contributed by atoms with Crippen molar-refractivity contribution in [2.24, 2.45) is 5.73 Å². The van der Waals surface area contributed by atoms with Crippen LogP contribution in [-0.4, -0.2) is 50.9 Å². The molecule has 0 fully saturated rings. The van der Waals surface area contributed by atoms with E-state index in [0.717, 1.165) is 13.8 Å². The summed E-state index contributed by atoms with van der Waals surface area (Å²) >= 11 is 0. The number of nitrogens with zero attached hydrogens (tertiary/aromatic N) is 1. The minimum absolute atomic E-state index is 0.108. The zero-order chi connectivity index (χ0) is 13.0. The van der Waals surface area contributed by atoms with Crippen molar-refractivity contribution in [3.8, 4) is 0 Å². The van der Waals surface area contributed by atoms with Crippen LogP contribution in [0.1, 0.15) is 13.8 Å². The molecule has 8 nitrogen and oxygen atoms in total. The molecule has 0 saturated carbocycles. The molecule has 2 unspecified atom stereocenters. The van der Waals surface area contributed by atoms with Gasteiger partial charge in [0, 0.05) is 13.8 Å². The molecule has 0 aliphatic carbocycles. The Morgan fingerprint density at radius 1 is 1.00 bits per heavy atom. The molecule has 0 rings (SSSR count). The maximum absolute atomic E-state index is 11.3. The van der Waals surface area contributed by atoms with Gasteiger partial charge in [-0.05, 0) is 0 Å². The highest BCUT2D eigenvalue weighted by molar-refractivity contribution is 6.11. The van der Waals surface area contributed by atoms with Crippen molar-refractivity contribution in [2.45, 2.75) is 26.1 Å². The van der Waals surface area contributed by atoms with Gasteiger partial charge in [-0.25, -0.2) is 4.90 Å². The van der Waals surface area contributed by atoms with Gasteiger partial charge in [-0.1, -0.05) is 0 Å². The fourth-order valence-electron chi connectivity index (χ4n) is 0.955. The van der Waals surface area contributed by atoms with Gasteiger partial charge >= 0.3 is 0 Å². The zero-order valence-electron chi connectivity index (χ0n) is 8.71. The van der Waals surface area contributed by atoms with Gasteiger partial charge in [0.2, 0.25) is 17.7 Å². The topological polar surface area (TPSA) is 138 Å². The number of carbonyl (C=O) groups is 4. The van der Waals surface area contributed by atoms with E-state index in [1.807, 2.05) is 0 Å². The first-order valence-electron chi connectivity index (χ1n) is 4.20. The Kier molecular flexibility index (Phi) is 4.73. The van der Waals surface area contributed by atoms with Gasteiger partial charge in [-0.15, -0.1) is 0 Å². The van der Waals surface area contributed by atoms with E-state index in [1.54, 1.807) is 0 Å².